The zero-order chi connectivity index (χ0) is 15.6. The summed E-state index contributed by atoms with van der Waals surface area (Å²) in [4.78, 5) is 14.2. The fourth-order valence-corrected chi connectivity index (χ4v) is 2.79. The van der Waals surface area contributed by atoms with Gasteiger partial charge in [0.1, 0.15) is 11.6 Å². The second-order valence-electron chi connectivity index (χ2n) is 5.55. The average Bonchev–Trinajstić information content (AvgIpc) is 2.40. The van der Waals surface area contributed by atoms with E-state index in [2.05, 4.69) is 5.32 Å². The first kappa shape index (κ1) is 16.0. The third kappa shape index (κ3) is 4.08. The van der Waals surface area contributed by atoms with Crippen LogP contribution in [0.15, 0.2) is 18.2 Å². The van der Waals surface area contributed by atoms with Crippen LogP contribution in [0.25, 0.3) is 0 Å². The van der Waals surface area contributed by atoms with Gasteiger partial charge in [-0.15, -0.1) is 0 Å². The van der Waals surface area contributed by atoms with Crippen LogP contribution in [-0.4, -0.2) is 42.1 Å². The van der Waals surface area contributed by atoms with Gasteiger partial charge in [-0.1, -0.05) is 11.6 Å². The summed E-state index contributed by atoms with van der Waals surface area (Å²) in [5, 5.41) is 3.53. The Morgan fingerprint density at radius 2 is 2.05 bits per heavy atom. The van der Waals surface area contributed by atoms with Crippen molar-refractivity contribution in [2.45, 2.75) is 39.0 Å². The van der Waals surface area contributed by atoms with Crippen LogP contribution in [0.4, 0.5) is 4.39 Å². The predicted octanol–water partition coefficient (Wildman–Crippen LogP) is 2.46. The molecule has 3 atom stereocenters. The molecular formula is C15H20ClFN2O2. The number of carbonyl (C=O) groups is 1. The van der Waals surface area contributed by atoms with Crippen molar-refractivity contribution in [3.8, 4) is 5.75 Å². The Morgan fingerprint density at radius 3 is 2.62 bits per heavy atom. The Kier molecular flexibility index (Phi) is 5.06. The quantitative estimate of drug-likeness (QED) is 0.932. The third-order valence-electron chi connectivity index (χ3n) is 3.41. The molecule has 4 nitrogen and oxygen atoms in total. The molecule has 1 fully saturated rings. The molecule has 1 aliphatic heterocycles. The monoisotopic (exact) mass is 314 g/mol. The summed E-state index contributed by atoms with van der Waals surface area (Å²) in [6, 6.07) is 4.36. The Hall–Kier alpha value is -1.33. The minimum absolute atomic E-state index is 0.0874. The summed E-state index contributed by atoms with van der Waals surface area (Å²) in [5.41, 5.74) is 0. The molecule has 0 aromatic heterocycles. The number of halogens is 2. The zero-order valence-electron chi connectivity index (χ0n) is 12.4. The van der Waals surface area contributed by atoms with E-state index in [4.69, 9.17) is 16.3 Å². The van der Waals surface area contributed by atoms with E-state index in [9.17, 15) is 9.18 Å². The maximum Gasteiger partial charge on any atom is 0.263 e. The van der Waals surface area contributed by atoms with Crippen molar-refractivity contribution in [3.05, 3.63) is 29.0 Å². The molecule has 0 bridgehead atoms. The molecule has 2 rings (SSSR count). The number of piperazine rings is 1. The van der Waals surface area contributed by atoms with E-state index >= 15 is 0 Å². The highest BCUT2D eigenvalue weighted by Crippen LogP contribution is 2.26. The maximum atomic E-state index is 13.0. The van der Waals surface area contributed by atoms with Crippen molar-refractivity contribution < 1.29 is 13.9 Å². The molecule has 0 spiro atoms. The van der Waals surface area contributed by atoms with E-state index in [0.29, 0.717) is 18.8 Å². The number of amides is 1. The second kappa shape index (κ2) is 6.62. The zero-order valence-corrected chi connectivity index (χ0v) is 13.2. The topological polar surface area (TPSA) is 41.6 Å². The molecule has 1 amide bonds. The van der Waals surface area contributed by atoms with E-state index in [1.807, 2.05) is 13.8 Å². The molecule has 0 aliphatic carbocycles. The van der Waals surface area contributed by atoms with Crippen molar-refractivity contribution in [3.63, 3.8) is 0 Å². The predicted molar refractivity (Wildman–Crippen MR) is 80.1 cm³/mol. The van der Waals surface area contributed by atoms with E-state index in [-0.39, 0.29) is 23.0 Å². The first-order chi connectivity index (χ1) is 9.86. The lowest BCUT2D eigenvalue weighted by Gasteiger charge is -2.37. The van der Waals surface area contributed by atoms with Gasteiger partial charge in [0, 0.05) is 25.2 Å². The highest BCUT2D eigenvalue weighted by atomic mass is 35.5. The van der Waals surface area contributed by atoms with Crippen molar-refractivity contribution in [2.75, 3.05) is 13.1 Å². The average molecular weight is 315 g/mol. The number of nitrogens with one attached hydrogen (secondary N) is 1. The first-order valence-electron chi connectivity index (χ1n) is 7.03. The molecule has 0 radical (unpaired) electrons. The molecule has 1 aromatic rings. The summed E-state index contributed by atoms with van der Waals surface area (Å²) >= 11 is 5.91. The van der Waals surface area contributed by atoms with Crippen LogP contribution >= 0.6 is 11.6 Å². The molecule has 1 saturated heterocycles. The van der Waals surface area contributed by atoms with Crippen molar-refractivity contribution in [1.29, 1.82) is 0 Å². The number of rotatable bonds is 3. The van der Waals surface area contributed by atoms with Gasteiger partial charge >= 0.3 is 0 Å². The largest absolute Gasteiger partial charge is 0.479 e. The van der Waals surface area contributed by atoms with Crippen LogP contribution in [0, 0.1) is 5.82 Å². The smallest absolute Gasteiger partial charge is 0.263 e. The molecule has 1 N–H and O–H groups in total. The fraction of sp³-hybridized carbons (Fsp3) is 0.533. The van der Waals surface area contributed by atoms with Gasteiger partial charge in [0.2, 0.25) is 0 Å². The van der Waals surface area contributed by atoms with Gasteiger partial charge in [-0.3, -0.25) is 4.79 Å². The number of benzene rings is 1. The van der Waals surface area contributed by atoms with Crippen molar-refractivity contribution in [1.82, 2.24) is 10.2 Å². The summed E-state index contributed by atoms with van der Waals surface area (Å²) in [7, 11) is 0. The molecule has 1 aliphatic rings. The summed E-state index contributed by atoms with van der Waals surface area (Å²) < 4.78 is 18.6. The summed E-state index contributed by atoms with van der Waals surface area (Å²) in [6.07, 6.45) is -0.662. The SMILES string of the molecule is CC1CN(C(=O)C(C)Oc2ccc(F)cc2Cl)CC(C)N1. The fourth-order valence-electron chi connectivity index (χ4n) is 2.58. The van der Waals surface area contributed by atoms with Crippen LogP contribution in [0.5, 0.6) is 5.75 Å². The van der Waals surface area contributed by atoms with Gasteiger partial charge in [-0.25, -0.2) is 4.39 Å². The van der Waals surface area contributed by atoms with E-state index in [0.717, 1.165) is 0 Å². The van der Waals surface area contributed by atoms with Crippen LogP contribution in [0.3, 0.4) is 0 Å². The standard InChI is InChI=1S/C15H20ClFN2O2/c1-9-7-19(8-10(2)18-9)15(20)11(3)21-14-5-4-12(17)6-13(14)16/h4-6,9-11,18H,7-8H2,1-3H3. The van der Waals surface area contributed by atoms with Gasteiger partial charge < -0.3 is 15.0 Å². The van der Waals surface area contributed by atoms with Gasteiger partial charge in [0.05, 0.1) is 5.02 Å². The van der Waals surface area contributed by atoms with E-state index < -0.39 is 11.9 Å². The highest BCUT2D eigenvalue weighted by Gasteiger charge is 2.29. The second-order valence-corrected chi connectivity index (χ2v) is 5.95. The van der Waals surface area contributed by atoms with Crippen molar-refractivity contribution >= 4 is 17.5 Å². The first-order valence-corrected chi connectivity index (χ1v) is 7.41. The van der Waals surface area contributed by atoms with Crippen LogP contribution in [-0.2, 0) is 4.79 Å². The van der Waals surface area contributed by atoms with Gasteiger partial charge in [-0.05, 0) is 39.0 Å². The maximum absolute atomic E-state index is 13.0. The van der Waals surface area contributed by atoms with Crippen LogP contribution < -0.4 is 10.1 Å². The Balaban J connectivity index is 2.02. The van der Waals surface area contributed by atoms with Crippen molar-refractivity contribution in [2.24, 2.45) is 0 Å². The van der Waals surface area contributed by atoms with E-state index in [1.165, 1.54) is 18.2 Å². The molecule has 1 heterocycles. The van der Waals surface area contributed by atoms with Gasteiger partial charge in [-0.2, -0.15) is 0 Å². The molecular weight excluding hydrogens is 295 g/mol. The minimum atomic E-state index is -0.662. The summed E-state index contributed by atoms with van der Waals surface area (Å²) in [6.45, 7) is 7.05. The molecule has 0 saturated carbocycles. The number of hydrogen-bond acceptors (Lipinski definition) is 3. The Morgan fingerprint density at radius 1 is 1.43 bits per heavy atom. The molecule has 3 unspecified atom stereocenters. The van der Waals surface area contributed by atoms with Crippen LogP contribution in [0.2, 0.25) is 5.02 Å². The third-order valence-corrected chi connectivity index (χ3v) is 3.71. The number of ether oxygens (including phenoxy) is 1. The molecule has 1 aromatic carbocycles. The molecule has 6 heteroatoms. The Bertz CT molecular complexity index is 516. The Labute approximate surface area is 129 Å². The lowest BCUT2D eigenvalue weighted by atomic mass is 10.1. The summed E-state index contributed by atoms with van der Waals surface area (Å²) in [5.74, 6) is -0.207. The molecule has 116 valence electrons. The lowest BCUT2D eigenvalue weighted by molar-refractivity contribution is -0.139. The number of carbonyl (C=O) groups excluding carboxylic acids is 1. The van der Waals surface area contributed by atoms with Gasteiger partial charge in [0.25, 0.3) is 5.91 Å². The lowest BCUT2D eigenvalue weighted by Crippen LogP contribution is -2.57. The normalized spacial score (nSPS) is 23.8. The number of nitrogens with zero attached hydrogens (tertiary/aromatic N) is 1. The molecule has 21 heavy (non-hydrogen) atoms. The number of hydrogen-bond donors (Lipinski definition) is 1. The van der Waals surface area contributed by atoms with E-state index in [1.54, 1.807) is 11.8 Å². The van der Waals surface area contributed by atoms with Gasteiger partial charge in [0.15, 0.2) is 6.10 Å². The minimum Gasteiger partial charge on any atom is -0.479 e. The van der Waals surface area contributed by atoms with Crippen LogP contribution in [0.1, 0.15) is 20.8 Å². The highest BCUT2D eigenvalue weighted by molar-refractivity contribution is 6.32.